The minimum atomic E-state index is -0.233. The van der Waals surface area contributed by atoms with Crippen molar-refractivity contribution in [2.24, 2.45) is 0 Å². The second kappa shape index (κ2) is 6.40. The number of nitrogen functional groups attached to an aromatic ring is 1. The molecule has 0 aromatic heterocycles. The average Bonchev–Trinajstić information content (AvgIpc) is 2.92. The Morgan fingerprint density at radius 2 is 2.42 bits per heavy atom. The molecule has 1 aromatic rings. The molecule has 0 aliphatic carbocycles. The number of carbonyl (C=O) groups excluding carboxylic acids is 1. The third-order valence-corrected chi connectivity index (χ3v) is 2.87. The molecule has 1 fully saturated rings. The number of benzene rings is 1. The largest absolute Gasteiger partial charge is 0.497 e. The van der Waals surface area contributed by atoms with E-state index >= 15 is 0 Å². The van der Waals surface area contributed by atoms with Crippen molar-refractivity contribution < 1.29 is 19.0 Å². The van der Waals surface area contributed by atoms with Gasteiger partial charge in [0.05, 0.1) is 31.2 Å². The number of hydrogen-bond acceptors (Lipinski definition) is 5. The molecule has 1 aliphatic heterocycles. The van der Waals surface area contributed by atoms with Crippen molar-refractivity contribution in [3.8, 4) is 5.75 Å². The number of amides is 1. The van der Waals surface area contributed by atoms with Gasteiger partial charge in [-0.05, 0) is 18.6 Å². The van der Waals surface area contributed by atoms with Crippen LogP contribution in [0.4, 0.5) is 11.4 Å². The fraction of sp³-hybridized carbons (Fsp3) is 0.462. The zero-order valence-electron chi connectivity index (χ0n) is 10.8. The van der Waals surface area contributed by atoms with Crippen LogP contribution < -0.4 is 15.8 Å². The van der Waals surface area contributed by atoms with Gasteiger partial charge in [0.1, 0.15) is 12.4 Å². The Morgan fingerprint density at radius 3 is 3.05 bits per heavy atom. The van der Waals surface area contributed by atoms with Gasteiger partial charge in [-0.1, -0.05) is 0 Å². The quantitative estimate of drug-likeness (QED) is 0.777. The van der Waals surface area contributed by atoms with Crippen molar-refractivity contribution in [1.29, 1.82) is 0 Å². The molecular weight excluding hydrogens is 248 g/mol. The van der Waals surface area contributed by atoms with Crippen LogP contribution in [0.5, 0.6) is 5.75 Å². The number of carbonyl (C=O) groups is 1. The van der Waals surface area contributed by atoms with Crippen LogP contribution in [-0.4, -0.2) is 38.9 Å². The molecule has 1 saturated heterocycles. The van der Waals surface area contributed by atoms with Gasteiger partial charge in [0.15, 0.2) is 0 Å². The standard InChI is InChI=1S/C13H18N2O4/c1-17-9-2-3-12(11(14)6-9)15-13(16)8-19-10-4-5-18-7-10/h2-3,6,10H,4-5,7-8,14H2,1H3,(H,15,16). The molecule has 3 N–H and O–H groups in total. The lowest BCUT2D eigenvalue weighted by molar-refractivity contribution is -0.122. The molecule has 19 heavy (non-hydrogen) atoms. The lowest BCUT2D eigenvalue weighted by Gasteiger charge is -2.12. The van der Waals surface area contributed by atoms with Crippen LogP contribution in [0.1, 0.15) is 6.42 Å². The second-order valence-corrected chi connectivity index (χ2v) is 4.30. The number of hydrogen-bond donors (Lipinski definition) is 2. The van der Waals surface area contributed by atoms with Gasteiger partial charge < -0.3 is 25.3 Å². The Bertz CT molecular complexity index is 444. The summed E-state index contributed by atoms with van der Waals surface area (Å²) in [6.07, 6.45) is 0.844. The molecular formula is C13H18N2O4. The van der Waals surface area contributed by atoms with Crippen LogP contribution in [0.25, 0.3) is 0 Å². The molecule has 1 heterocycles. The van der Waals surface area contributed by atoms with E-state index in [1.807, 2.05) is 0 Å². The van der Waals surface area contributed by atoms with E-state index in [4.69, 9.17) is 19.9 Å². The molecule has 1 unspecified atom stereocenters. The van der Waals surface area contributed by atoms with E-state index in [-0.39, 0.29) is 18.6 Å². The maximum absolute atomic E-state index is 11.7. The molecule has 0 bridgehead atoms. The summed E-state index contributed by atoms with van der Waals surface area (Å²) in [5, 5.41) is 2.70. The van der Waals surface area contributed by atoms with Crippen LogP contribution in [0.3, 0.4) is 0 Å². The monoisotopic (exact) mass is 266 g/mol. The second-order valence-electron chi connectivity index (χ2n) is 4.30. The third kappa shape index (κ3) is 3.84. The van der Waals surface area contributed by atoms with Gasteiger partial charge in [-0.25, -0.2) is 0 Å². The van der Waals surface area contributed by atoms with Gasteiger partial charge in [0, 0.05) is 12.7 Å². The highest BCUT2D eigenvalue weighted by Crippen LogP contribution is 2.23. The van der Waals surface area contributed by atoms with Crippen LogP contribution in [0.15, 0.2) is 18.2 Å². The summed E-state index contributed by atoms with van der Waals surface area (Å²) < 4.78 is 15.6. The normalized spacial score (nSPS) is 18.3. The van der Waals surface area contributed by atoms with Crippen molar-refractivity contribution >= 4 is 17.3 Å². The van der Waals surface area contributed by atoms with Gasteiger partial charge in [-0.2, -0.15) is 0 Å². The van der Waals surface area contributed by atoms with Crippen molar-refractivity contribution in [2.45, 2.75) is 12.5 Å². The predicted molar refractivity (Wildman–Crippen MR) is 71.2 cm³/mol. The Labute approximate surface area is 111 Å². The van der Waals surface area contributed by atoms with Crippen LogP contribution >= 0.6 is 0 Å². The average molecular weight is 266 g/mol. The zero-order chi connectivity index (χ0) is 13.7. The van der Waals surface area contributed by atoms with E-state index in [1.54, 1.807) is 25.3 Å². The maximum Gasteiger partial charge on any atom is 0.250 e. The number of rotatable bonds is 5. The van der Waals surface area contributed by atoms with Crippen LogP contribution in [0, 0.1) is 0 Å². The molecule has 2 rings (SSSR count). The molecule has 1 aromatic carbocycles. The van der Waals surface area contributed by atoms with E-state index in [0.717, 1.165) is 6.42 Å². The van der Waals surface area contributed by atoms with Gasteiger partial charge in [0.2, 0.25) is 5.91 Å². The summed E-state index contributed by atoms with van der Waals surface area (Å²) in [7, 11) is 1.56. The number of anilines is 2. The number of nitrogens with two attached hydrogens (primary N) is 1. The highest BCUT2D eigenvalue weighted by Gasteiger charge is 2.17. The summed E-state index contributed by atoms with van der Waals surface area (Å²) >= 11 is 0. The lowest BCUT2D eigenvalue weighted by Crippen LogP contribution is -2.23. The fourth-order valence-electron chi connectivity index (χ4n) is 1.81. The van der Waals surface area contributed by atoms with Gasteiger partial charge in [0.25, 0.3) is 0 Å². The van der Waals surface area contributed by atoms with E-state index in [9.17, 15) is 4.79 Å². The summed E-state index contributed by atoms with van der Waals surface area (Å²) in [6, 6.07) is 5.09. The Balaban J connectivity index is 1.84. The third-order valence-electron chi connectivity index (χ3n) is 2.87. The molecule has 1 amide bonds. The zero-order valence-corrected chi connectivity index (χ0v) is 10.8. The van der Waals surface area contributed by atoms with Crippen molar-refractivity contribution in [2.75, 3.05) is 38.0 Å². The SMILES string of the molecule is COc1ccc(NC(=O)COC2CCOC2)c(N)c1. The first-order valence-electron chi connectivity index (χ1n) is 6.11. The first kappa shape index (κ1) is 13.6. The molecule has 6 nitrogen and oxygen atoms in total. The molecule has 6 heteroatoms. The molecule has 0 saturated carbocycles. The number of ether oxygens (including phenoxy) is 3. The number of nitrogens with one attached hydrogen (secondary N) is 1. The maximum atomic E-state index is 11.7. The number of methoxy groups -OCH3 is 1. The Kier molecular flexibility index (Phi) is 4.59. The minimum absolute atomic E-state index is 0.000500. The van der Waals surface area contributed by atoms with E-state index in [2.05, 4.69) is 5.32 Å². The topological polar surface area (TPSA) is 82.8 Å². The summed E-state index contributed by atoms with van der Waals surface area (Å²) in [4.78, 5) is 11.7. The molecule has 1 atom stereocenters. The molecule has 0 radical (unpaired) electrons. The smallest absolute Gasteiger partial charge is 0.250 e. The van der Waals surface area contributed by atoms with Crippen molar-refractivity contribution in [3.63, 3.8) is 0 Å². The Hall–Kier alpha value is -1.79. The van der Waals surface area contributed by atoms with Crippen LogP contribution in [-0.2, 0) is 14.3 Å². The lowest BCUT2D eigenvalue weighted by atomic mass is 10.2. The summed E-state index contributed by atoms with van der Waals surface area (Å²) in [5.74, 6) is 0.415. The molecule has 0 spiro atoms. The summed E-state index contributed by atoms with van der Waals surface area (Å²) in [6.45, 7) is 1.25. The van der Waals surface area contributed by atoms with Gasteiger partial charge in [-0.3, -0.25) is 4.79 Å². The first-order valence-corrected chi connectivity index (χ1v) is 6.11. The van der Waals surface area contributed by atoms with Crippen molar-refractivity contribution in [3.05, 3.63) is 18.2 Å². The molecule has 1 aliphatic rings. The highest BCUT2D eigenvalue weighted by molar-refractivity contribution is 5.94. The minimum Gasteiger partial charge on any atom is -0.497 e. The van der Waals surface area contributed by atoms with Crippen molar-refractivity contribution in [1.82, 2.24) is 0 Å². The van der Waals surface area contributed by atoms with E-state index in [0.29, 0.717) is 30.3 Å². The van der Waals surface area contributed by atoms with Crippen LogP contribution in [0.2, 0.25) is 0 Å². The van der Waals surface area contributed by atoms with Gasteiger partial charge >= 0.3 is 0 Å². The predicted octanol–water partition coefficient (Wildman–Crippen LogP) is 1.02. The fourth-order valence-corrected chi connectivity index (χ4v) is 1.81. The highest BCUT2D eigenvalue weighted by atomic mass is 16.5. The molecule has 104 valence electrons. The van der Waals surface area contributed by atoms with E-state index in [1.165, 1.54) is 0 Å². The summed E-state index contributed by atoms with van der Waals surface area (Å²) in [5.41, 5.74) is 6.82. The van der Waals surface area contributed by atoms with Gasteiger partial charge in [-0.15, -0.1) is 0 Å². The van der Waals surface area contributed by atoms with E-state index < -0.39 is 0 Å². The first-order chi connectivity index (χ1) is 9.19. The Morgan fingerprint density at radius 1 is 1.58 bits per heavy atom.